The number of aryl methyl sites for hydroxylation is 1. The maximum atomic E-state index is 14.3. The zero-order valence-electron chi connectivity index (χ0n) is 17.5. The molecule has 0 aliphatic carbocycles. The van der Waals surface area contributed by atoms with Crippen LogP contribution in [0.5, 0.6) is 0 Å². The number of nitrogens with one attached hydrogen (secondary N) is 1. The molecule has 0 amide bonds. The van der Waals surface area contributed by atoms with Crippen molar-refractivity contribution in [3.05, 3.63) is 58.2 Å². The lowest BCUT2D eigenvalue weighted by atomic mass is 9.92. The Morgan fingerprint density at radius 1 is 1.03 bits per heavy atom. The molecule has 0 aliphatic heterocycles. The molecule has 0 aliphatic rings. The van der Waals surface area contributed by atoms with Crippen LogP contribution in [0, 0.1) is 11.6 Å². The van der Waals surface area contributed by atoms with E-state index in [1.165, 1.54) is 10.7 Å². The van der Waals surface area contributed by atoms with Gasteiger partial charge in [-0.3, -0.25) is 4.68 Å². The molecule has 0 atom stereocenters. The van der Waals surface area contributed by atoms with Crippen molar-refractivity contribution < 1.29 is 22.0 Å². The Bertz CT molecular complexity index is 1330. The number of nitrogens with zero attached hydrogens (tertiary/aromatic N) is 3. The van der Waals surface area contributed by atoms with Gasteiger partial charge < -0.3 is 4.98 Å². The van der Waals surface area contributed by atoms with Crippen LogP contribution in [0.15, 0.2) is 30.3 Å². The summed E-state index contributed by atoms with van der Waals surface area (Å²) in [7, 11) is 1.61. The van der Waals surface area contributed by atoms with Crippen molar-refractivity contribution in [2.45, 2.75) is 32.4 Å². The van der Waals surface area contributed by atoms with Gasteiger partial charge in [0, 0.05) is 12.5 Å². The minimum Gasteiger partial charge on any atom is -0.337 e. The van der Waals surface area contributed by atoms with Crippen molar-refractivity contribution in [3.63, 3.8) is 0 Å². The molecule has 10 heteroatoms. The average Bonchev–Trinajstić information content (AvgIpc) is 3.19. The van der Waals surface area contributed by atoms with Crippen LogP contribution in [0.1, 0.15) is 32.0 Å². The van der Waals surface area contributed by atoms with Gasteiger partial charge in [0.15, 0.2) is 5.82 Å². The molecular formula is C22H18ClF5N4. The molecule has 0 radical (unpaired) electrons. The van der Waals surface area contributed by atoms with Gasteiger partial charge in [-0.1, -0.05) is 38.4 Å². The fraction of sp³-hybridized carbons (Fsp3) is 0.273. The number of imidazole rings is 1. The maximum absolute atomic E-state index is 14.3. The first-order valence-corrected chi connectivity index (χ1v) is 9.95. The van der Waals surface area contributed by atoms with Crippen LogP contribution in [-0.2, 0) is 18.6 Å². The Morgan fingerprint density at radius 3 is 2.19 bits per heavy atom. The van der Waals surface area contributed by atoms with Crippen LogP contribution >= 0.6 is 11.6 Å². The molecule has 0 saturated heterocycles. The van der Waals surface area contributed by atoms with E-state index < -0.39 is 34.4 Å². The quantitative estimate of drug-likeness (QED) is 0.326. The number of aromatic nitrogens is 4. The first kappa shape index (κ1) is 22.3. The number of hydrogen-bond acceptors (Lipinski definition) is 2. The third-order valence-corrected chi connectivity index (χ3v) is 5.43. The van der Waals surface area contributed by atoms with E-state index in [2.05, 4.69) is 15.1 Å². The summed E-state index contributed by atoms with van der Waals surface area (Å²) < 4.78 is 71.6. The highest BCUT2D eigenvalue weighted by atomic mass is 35.5. The predicted molar refractivity (Wildman–Crippen MR) is 112 cm³/mol. The summed E-state index contributed by atoms with van der Waals surface area (Å²) >= 11 is 6.51. The van der Waals surface area contributed by atoms with E-state index >= 15 is 0 Å². The second-order valence-corrected chi connectivity index (χ2v) is 8.86. The van der Waals surface area contributed by atoms with Crippen LogP contribution in [0.2, 0.25) is 5.02 Å². The van der Waals surface area contributed by atoms with Gasteiger partial charge in [-0.05, 0) is 29.8 Å². The molecule has 32 heavy (non-hydrogen) atoms. The number of alkyl halides is 3. The molecular weight excluding hydrogens is 451 g/mol. The van der Waals surface area contributed by atoms with Gasteiger partial charge in [-0.15, -0.1) is 0 Å². The Labute approximate surface area is 185 Å². The van der Waals surface area contributed by atoms with Gasteiger partial charge in [-0.2, -0.15) is 18.3 Å². The highest BCUT2D eigenvalue weighted by Crippen LogP contribution is 2.41. The van der Waals surface area contributed by atoms with E-state index in [0.29, 0.717) is 17.5 Å². The molecule has 4 aromatic rings. The third-order valence-electron chi connectivity index (χ3n) is 5.07. The average molecular weight is 469 g/mol. The number of rotatable bonds is 2. The maximum Gasteiger partial charge on any atom is 0.418 e. The summed E-state index contributed by atoms with van der Waals surface area (Å²) in [4.78, 5) is 6.96. The SMILES string of the molecule is Cn1nc(C(C)(C)C)c(Cl)c1-c1nc2c(C(F)(F)F)cc(-c3c(F)cccc3F)cc2[nH]1. The summed E-state index contributed by atoms with van der Waals surface area (Å²) in [5.41, 5.74) is -1.91. The molecule has 2 aromatic heterocycles. The first-order valence-electron chi connectivity index (χ1n) is 9.57. The molecule has 4 nitrogen and oxygen atoms in total. The van der Waals surface area contributed by atoms with Crippen molar-refractivity contribution in [1.29, 1.82) is 0 Å². The molecule has 0 unspecified atom stereocenters. The number of aromatic amines is 1. The Morgan fingerprint density at radius 2 is 1.66 bits per heavy atom. The smallest absolute Gasteiger partial charge is 0.337 e. The lowest BCUT2D eigenvalue weighted by molar-refractivity contribution is -0.136. The first-order chi connectivity index (χ1) is 14.8. The van der Waals surface area contributed by atoms with Crippen LogP contribution in [-0.4, -0.2) is 19.7 Å². The van der Waals surface area contributed by atoms with Crippen molar-refractivity contribution in [2.24, 2.45) is 7.05 Å². The summed E-state index contributed by atoms with van der Waals surface area (Å²) in [6.07, 6.45) is -4.81. The van der Waals surface area contributed by atoms with Gasteiger partial charge >= 0.3 is 6.18 Å². The molecule has 2 heterocycles. The van der Waals surface area contributed by atoms with Crippen molar-refractivity contribution in [1.82, 2.24) is 19.7 Å². The van der Waals surface area contributed by atoms with E-state index in [1.807, 2.05) is 20.8 Å². The molecule has 2 aromatic carbocycles. The molecule has 0 saturated carbocycles. The summed E-state index contributed by atoms with van der Waals surface area (Å²) in [6.45, 7) is 5.71. The number of fused-ring (bicyclic) bond motifs is 1. The monoisotopic (exact) mass is 468 g/mol. The summed E-state index contributed by atoms with van der Waals surface area (Å²) in [5.74, 6) is -1.88. The van der Waals surface area contributed by atoms with E-state index in [1.54, 1.807) is 7.05 Å². The predicted octanol–water partition coefficient (Wildman–Crippen LogP) is 6.88. The number of benzene rings is 2. The molecule has 0 fully saturated rings. The standard InChI is InChI=1S/C22H18ClF5N4/c1-21(2,3)19-16(23)18(32(4)31-19)20-29-14-9-10(15-12(24)6-5-7-13(15)25)8-11(17(14)30-20)22(26,27)28/h5-9H,1-4H3,(H,29,30). The van der Waals surface area contributed by atoms with Gasteiger partial charge in [0.1, 0.15) is 22.8 Å². The lowest BCUT2D eigenvalue weighted by Gasteiger charge is -2.15. The van der Waals surface area contributed by atoms with Gasteiger partial charge in [-0.25, -0.2) is 13.8 Å². The Hall–Kier alpha value is -2.94. The van der Waals surface area contributed by atoms with E-state index in [-0.39, 0.29) is 27.4 Å². The highest BCUT2D eigenvalue weighted by Gasteiger charge is 2.36. The second-order valence-electron chi connectivity index (χ2n) is 8.48. The normalized spacial score (nSPS) is 12.7. The van der Waals surface area contributed by atoms with E-state index in [0.717, 1.165) is 18.2 Å². The lowest BCUT2D eigenvalue weighted by Crippen LogP contribution is -2.12. The summed E-state index contributed by atoms with van der Waals surface area (Å²) in [5, 5.41) is 4.65. The number of halogens is 6. The van der Waals surface area contributed by atoms with Crippen LogP contribution in [0.3, 0.4) is 0 Å². The summed E-state index contributed by atoms with van der Waals surface area (Å²) in [6, 6.07) is 5.04. The zero-order valence-corrected chi connectivity index (χ0v) is 18.3. The van der Waals surface area contributed by atoms with Gasteiger partial charge in [0.2, 0.25) is 0 Å². The van der Waals surface area contributed by atoms with Gasteiger partial charge in [0.05, 0.1) is 27.4 Å². The van der Waals surface area contributed by atoms with Crippen molar-refractivity contribution in [3.8, 4) is 22.6 Å². The number of H-pyrrole nitrogens is 1. The highest BCUT2D eigenvalue weighted by molar-refractivity contribution is 6.33. The zero-order chi connectivity index (χ0) is 23.6. The minimum absolute atomic E-state index is 0.0398. The molecule has 1 N–H and O–H groups in total. The van der Waals surface area contributed by atoms with Crippen LogP contribution in [0.25, 0.3) is 33.7 Å². The number of hydrogen-bond donors (Lipinski definition) is 1. The minimum atomic E-state index is -4.81. The van der Waals surface area contributed by atoms with Crippen LogP contribution in [0.4, 0.5) is 22.0 Å². The fourth-order valence-electron chi connectivity index (χ4n) is 3.60. The van der Waals surface area contributed by atoms with Crippen molar-refractivity contribution in [2.75, 3.05) is 0 Å². The third kappa shape index (κ3) is 3.64. The second kappa shape index (κ2) is 7.30. The largest absolute Gasteiger partial charge is 0.418 e. The molecule has 168 valence electrons. The molecule has 0 spiro atoms. The van der Waals surface area contributed by atoms with Crippen molar-refractivity contribution >= 4 is 22.6 Å². The van der Waals surface area contributed by atoms with E-state index in [4.69, 9.17) is 11.6 Å². The van der Waals surface area contributed by atoms with Gasteiger partial charge in [0.25, 0.3) is 0 Å². The van der Waals surface area contributed by atoms with E-state index in [9.17, 15) is 22.0 Å². The Balaban J connectivity index is 2.01. The Kier molecular flexibility index (Phi) is 5.08. The topological polar surface area (TPSA) is 46.5 Å². The van der Waals surface area contributed by atoms with Crippen LogP contribution < -0.4 is 0 Å². The molecule has 0 bridgehead atoms. The fourth-order valence-corrected chi connectivity index (χ4v) is 4.13. The molecule has 4 rings (SSSR count).